The molecule has 0 unspecified atom stereocenters. The fraction of sp³-hybridized carbons (Fsp3) is 0.143. The van der Waals surface area contributed by atoms with E-state index in [0.29, 0.717) is 6.54 Å². The van der Waals surface area contributed by atoms with Crippen molar-refractivity contribution in [3.05, 3.63) is 65.7 Å². The highest BCUT2D eigenvalue weighted by Crippen LogP contribution is 2.11. The van der Waals surface area contributed by atoms with E-state index in [-0.39, 0.29) is 0 Å². The molecule has 88 valence electrons. The predicted octanol–water partition coefficient (Wildman–Crippen LogP) is 2.81. The van der Waals surface area contributed by atoms with Gasteiger partial charge in [-0.1, -0.05) is 48.5 Å². The van der Waals surface area contributed by atoms with E-state index in [2.05, 4.69) is 4.72 Å². The third kappa shape index (κ3) is 3.25. The van der Waals surface area contributed by atoms with Crippen molar-refractivity contribution in [1.82, 2.24) is 4.72 Å². The lowest BCUT2D eigenvalue weighted by Crippen LogP contribution is -2.17. The third-order valence-electron chi connectivity index (χ3n) is 2.54. The van der Waals surface area contributed by atoms with Gasteiger partial charge in [0.15, 0.2) is 0 Å². The van der Waals surface area contributed by atoms with Crippen molar-refractivity contribution in [2.45, 2.75) is 18.4 Å². The van der Waals surface area contributed by atoms with Crippen molar-refractivity contribution in [2.24, 2.45) is 0 Å². The second-order valence-electron chi connectivity index (χ2n) is 3.84. The Bertz CT molecular complexity index is 511. The molecule has 1 N–H and O–H groups in total. The standard InChI is InChI=1S/C14H15NOS/c1-12-7-5-6-10-14(12)17(16)15-11-13-8-3-2-4-9-13/h2-10,15H,11H2,1H3/t17-/m0/s1. The van der Waals surface area contributed by atoms with Crippen LogP contribution in [0.15, 0.2) is 59.5 Å². The van der Waals surface area contributed by atoms with Gasteiger partial charge < -0.3 is 0 Å². The number of benzene rings is 2. The lowest BCUT2D eigenvalue weighted by Gasteiger charge is -2.07. The number of rotatable bonds is 4. The van der Waals surface area contributed by atoms with E-state index >= 15 is 0 Å². The van der Waals surface area contributed by atoms with Crippen molar-refractivity contribution in [3.63, 3.8) is 0 Å². The molecular formula is C14H15NOS. The summed E-state index contributed by atoms with van der Waals surface area (Å²) in [6, 6.07) is 17.7. The highest BCUT2D eigenvalue weighted by atomic mass is 32.2. The number of aryl methyl sites for hydroxylation is 1. The molecule has 0 aromatic heterocycles. The third-order valence-corrected chi connectivity index (χ3v) is 3.81. The molecule has 1 atom stereocenters. The van der Waals surface area contributed by atoms with Gasteiger partial charge in [0.1, 0.15) is 11.0 Å². The minimum Gasteiger partial charge on any atom is -0.237 e. The molecule has 0 radical (unpaired) electrons. The van der Waals surface area contributed by atoms with Gasteiger partial charge in [-0.3, -0.25) is 0 Å². The molecule has 3 heteroatoms. The van der Waals surface area contributed by atoms with Crippen LogP contribution in [0.5, 0.6) is 0 Å². The summed E-state index contributed by atoms with van der Waals surface area (Å²) in [6.07, 6.45) is 0. The normalized spacial score (nSPS) is 12.3. The van der Waals surface area contributed by atoms with Gasteiger partial charge in [0, 0.05) is 6.54 Å². The summed E-state index contributed by atoms with van der Waals surface area (Å²) >= 11 is 0. The van der Waals surface area contributed by atoms with Gasteiger partial charge in [-0.2, -0.15) is 0 Å². The van der Waals surface area contributed by atoms with E-state index in [1.165, 1.54) is 0 Å². The second kappa shape index (κ2) is 5.75. The maximum absolute atomic E-state index is 12.0. The molecule has 0 heterocycles. The van der Waals surface area contributed by atoms with Gasteiger partial charge >= 0.3 is 0 Å². The fourth-order valence-corrected chi connectivity index (χ4v) is 2.60. The largest absolute Gasteiger partial charge is 0.237 e. The van der Waals surface area contributed by atoms with Crippen LogP contribution in [0.2, 0.25) is 0 Å². The summed E-state index contributed by atoms with van der Waals surface area (Å²) in [4.78, 5) is 0.850. The quantitative estimate of drug-likeness (QED) is 0.881. The Balaban J connectivity index is 2.01. The van der Waals surface area contributed by atoms with Crippen LogP contribution in [0.1, 0.15) is 11.1 Å². The lowest BCUT2D eigenvalue weighted by atomic mass is 10.2. The van der Waals surface area contributed by atoms with Gasteiger partial charge in [0.25, 0.3) is 0 Å². The van der Waals surface area contributed by atoms with Crippen LogP contribution in [0.25, 0.3) is 0 Å². The first-order valence-electron chi connectivity index (χ1n) is 5.52. The summed E-state index contributed by atoms with van der Waals surface area (Å²) in [5.41, 5.74) is 2.18. The molecular weight excluding hydrogens is 230 g/mol. The monoisotopic (exact) mass is 245 g/mol. The summed E-state index contributed by atoms with van der Waals surface area (Å²) in [7, 11) is -1.15. The number of hydrogen-bond acceptors (Lipinski definition) is 1. The predicted molar refractivity (Wildman–Crippen MR) is 70.9 cm³/mol. The first-order chi connectivity index (χ1) is 8.27. The Labute approximate surface area is 104 Å². The summed E-state index contributed by atoms with van der Waals surface area (Å²) in [6.45, 7) is 2.58. The van der Waals surface area contributed by atoms with Crippen LogP contribution in [0.4, 0.5) is 0 Å². The maximum atomic E-state index is 12.0. The highest BCUT2D eigenvalue weighted by molar-refractivity contribution is 7.83. The summed E-state index contributed by atoms with van der Waals surface area (Å²) in [5, 5.41) is 0. The lowest BCUT2D eigenvalue weighted by molar-refractivity contribution is 0.671. The summed E-state index contributed by atoms with van der Waals surface area (Å²) < 4.78 is 15.1. The van der Waals surface area contributed by atoms with E-state index in [0.717, 1.165) is 16.0 Å². The van der Waals surface area contributed by atoms with Crippen LogP contribution in [-0.2, 0) is 17.5 Å². The smallest absolute Gasteiger partial charge is 0.125 e. The molecule has 0 spiro atoms. The second-order valence-corrected chi connectivity index (χ2v) is 5.11. The Hall–Kier alpha value is -1.45. The Kier molecular flexibility index (Phi) is 4.07. The Morgan fingerprint density at radius 2 is 1.65 bits per heavy atom. The zero-order chi connectivity index (χ0) is 12.1. The molecule has 2 aromatic rings. The van der Waals surface area contributed by atoms with Crippen molar-refractivity contribution >= 4 is 11.0 Å². The van der Waals surface area contributed by atoms with Gasteiger partial charge in [0.05, 0.1) is 4.90 Å². The number of nitrogens with one attached hydrogen (secondary N) is 1. The van der Waals surface area contributed by atoms with Crippen LogP contribution in [0.3, 0.4) is 0 Å². The highest BCUT2D eigenvalue weighted by Gasteiger charge is 2.05. The average molecular weight is 245 g/mol. The minimum absolute atomic E-state index is 0.613. The minimum atomic E-state index is -1.15. The van der Waals surface area contributed by atoms with E-state index in [9.17, 15) is 4.21 Å². The molecule has 0 amide bonds. The molecule has 2 nitrogen and oxygen atoms in total. The molecule has 0 bridgehead atoms. The maximum Gasteiger partial charge on any atom is 0.125 e. The zero-order valence-corrected chi connectivity index (χ0v) is 10.5. The van der Waals surface area contributed by atoms with E-state index in [1.54, 1.807) is 0 Å². The fourth-order valence-electron chi connectivity index (χ4n) is 1.59. The first-order valence-corrected chi connectivity index (χ1v) is 6.67. The van der Waals surface area contributed by atoms with E-state index in [4.69, 9.17) is 0 Å². The Morgan fingerprint density at radius 3 is 2.35 bits per heavy atom. The van der Waals surface area contributed by atoms with Crippen LogP contribution in [-0.4, -0.2) is 4.21 Å². The molecule has 2 rings (SSSR count). The van der Waals surface area contributed by atoms with Crippen molar-refractivity contribution < 1.29 is 4.21 Å². The Morgan fingerprint density at radius 1 is 1.00 bits per heavy atom. The van der Waals surface area contributed by atoms with Gasteiger partial charge in [-0.05, 0) is 24.1 Å². The van der Waals surface area contributed by atoms with Crippen LogP contribution >= 0.6 is 0 Å². The SMILES string of the molecule is Cc1ccccc1[S@](=O)NCc1ccccc1. The topological polar surface area (TPSA) is 29.1 Å². The molecule has 0 saturated heterocycles. The average Bonchev–Trinajstić information content (AvgIpc) is 2.38. The van der Waals surface area contributed by atoms with Crippen molar-refractivity contribution in [1.29, 1.82) is 0 Å². The van der Waals surface area contributed by atoms with Gasteiger partial charge in [-0.25, -0.2) is 8.93 Å². The first kappa shape index (κ1) is 12.0. The molecule has 0 saturated carbocycles. The van der Waals surface area contributed by atoms with Gasteiger partial charge in [0.2, 0.25) is 0 Å². The molecule has 0 fully saturated rings. The zero-order valence-electron chi connectivity index (χ0n) is 9.72. The van der Waals surface area contributed by atoms with Crippen LogP contribution < -0.4 is 4.72 Å². The van der Waals surface area contributed by atoms with Crippen molar-refractivity contribution in [3.8, 4) is 0 Å². The van der Waals surface area contributed by atoms with E-state index in [1.807, 2.05) is 61.5 Å². The number of hydrogen-bond donors (Lipinski definition) is 1. The van der Waals surface area contributed by atoms with Crippen molar-refractivity contribution in [2.75, 3.05) is 0 Å². The molecule has 0 aliphatic rings. The molecule has 17 heavy (non-hydrogen) atoms. The molecule has 0 aliphatic heterocycles. The molecule has 0 aliphatic carbocycles. The summed E-state index contributed by atoms with van der Waals surface area (Å²) in [5.74, 6) is 0. The van der Waals surface area contributed by atoms with E-state index < -0.39 is 11.0 Å². The molecule has 2 aromatic carbocycles. The van der Waals surface area contributed by atoms with Gasteiger partial charge in [-0.15, -0.1) is 0 Å². The van der Waals surface area contributed by atoms with Crippen LogP contribution in [0, 0.1) is 6.92 Å².